The van der Waals surface area contributed by atoms with E-state index in [1.54, 1.807) is 27.7 Å². The third-order valence-corrected chi connectivity index (χ3v) is 2.98. The summed E-state index contributed by atoms with van der Waals surface area (Å²) in [4.78, 5) is 12.2. The number of hydrogen-bond donors (Lipinski definition) is 1. The Hall–Kier alpha value is -2.16. The van der Waals surface area contributed by atoms with Crippen LogP contribution < -0.4 is 10.1 Å². The molecule has 6 heteroatoms. The van der Waals surface area contributed by atoms with Crippen LogP contribution in [0.1, 0.15) is 39.7 Å². The molecule has 0 bridgehead atoms. The molecule has 1 amide bonds. The maximum absolute atomic E-state index is 12.7. The lowest BCUT2D eigenvalue weighted by molar-refractivity contribution is -0.137. The van der Waals surface area contributed by atoms with Crippen molar-refractivity contribution in [3.8, 4) is 17.6 Å². The van der Waals surface area contributed by atoms with Gasteiger partial charge in [-0.25, -0.2) is 0 Å². The second-order valence-electron chi connectivity index (χ2n) is 5.53. The summed E-state index contributed by atoms with van der Waals surface area (Å²) in [6.07, 6.45) is -5.03. The van der Waals surface area contributed by atoms with Crippen molar-refractivity contribution in [3.05, 3.63) is 29.8 Å². The van der Waals surface area contributed by atoms with Crippen molar-refractivity contribution in [3.63, 3.8) is 0 Å². The Morgan fingerprint density at radius 3 is 2.52 bits per heavy atom. The van der Waals surface area contributed by atoms with Gasteiger partial charge in [0, 0.05) is 0 Å². The summed E-state index contributed by atoms with van der Waals surface area (Å²) < 4.78 is 43.5. The van der Waals surface area contributed by atoms with Gasteiger partial charge in [0.25, 0.3) is 5.91 Å². The van der Waals surface area contributed by atoms with Gasteiger partial charge in [0.2, 0.25) is 0 Å². The van der Waals surface area contributed by atoms with Crippen LogP contribution in [0.4, 0.5) is 13.2 Å². The molecule has 0 saturated heterocycles. The number of benzene rings is 1. The van der Waals surface area contributed by atoms with Gasteiger partial charge in [0.15, 0.2) is 6.10 Å². The molecule has 0 fully saturated rings. The molecule has 3 nitrogen and oxygen atoms in total. The van der Waals surface area contributed by atoms with Gasteiger partial charge < -0.3 is 10.1 Å². The van der Waals surface area contributed by atoms with Crippen LogP contribution in [0.3, 0.4) is 0 Å². The highest BCUT2D eigenvalue weighted by Gasteiger charge is 2.31. The zero-order valence-corrected chi connectivity index (χ0v) is 13.5. The molecular weight excluding hydrogens is 307 g/mol. The number of alkyl halides is 3. The first-order chi connectivity index (χ1) is 10.6. The zero-order chi connectivity index (χ0) is 17.7. The number of rotatable bonds is 5. The summed E-state index contributed by atoms with van der Waals surface area (Å²) in [7, 11) is 0. The quantitative estimate of drug-likeness (QED) is 0.836. The van der Waals surface area contributed by atoms with E-state index in [0.717, 1.165) is 12.1 Å². The van der Waals surface area contributed by atoms with Crippen LogP contribution in [-0.4, -0.2) is 17.6 Å². The largest absolute Gasteiger partial charge is 0.481 e. The molecule has 126 valence electrons. The predicted octanol–water partition coefficient (Wildman–Crippen LogP) is 3.78. The fourth-order valence-corrected chi connectivity index (χ4v) is 1.96. The zero-order valence-electron chi connectivity index (χ0n) is 13.5. The first-order valence-corrected chi connectivity index (χ1v) is 7.19. The minimum Gasteiger partial charge on any atom is -0.481 e. The number of halogens is 3. The van der Waals surface area contributed by atoms with Crippen LogP contribution in [-0.2, 0) is 11.0 Å². The molecule has 1 aromatic rings. The van der Waals surface area contributed by atoms with Gasteiger partial charge in [0.05, 0.1) is 11.1 Å². The van der Waals surface area contributed by atoms with Gasteiger partial charge in [-0.3, -0.25) is 4.79 Å². The fraction of sp³-hybridized carbons (Fsp3) is 0.471. The molecule has 1 rings (SSSR count). The second-order valence-corrected chi connectivity index (χ2v) is 5.53. The molecule has 0 saturated carbocycles. The van der Waals surface area contributed by atoms with E-state index in [1.165, 1.54) is 12.1 Å². The lowest BCUT2D eigenvalue weighted by atomic mass is 10.1. The van der Waals surface area contributed by atoms with Crippen LogP contribution in [0.15, 0.2) is 24.3 Å². The van der Waals surface area contributed by atoms with Crippen molar-refractivity contribution in [2.45, 2.75) is 51.9 Å². The third-order valence-electron chi connectivity index (χ3n) is 2.98. The highest BCUT2D eigenvalue weighted by atomic mass is 19.4. The minimum absolute atomic E-state index is 0.00112. The van der Waals surface area contributed by atoms with Crippen molar-refractivity contribution in [2.75, 3.05) is 0 Å². The van der Waals surface area contributed by atoms with Crippen LogP contribution in [0.5, 0.6) is 5.75 Å². The van der Waals surface area contributed by atoms with Gasteiger partial charge in [-0.1, -0.05) is 18.9 Å². The lowest BCUT2D eigenvalue weighted by Gasteiger charge is -2.24. The molecule has 0 spiro atoms. The number of hydrogen-bond acceptors (Lipinski definition) is 2. The average molecular weight is 327 g/mol. The van der Waals surface area contributed by atoms with E-state index in [1.807, 2.05) is 0 Å². The van der Waals surface area contributed by atoms with Crippen molar-refractivity contribution >= 4 is 5.91 Å². The molecule has 0 aliphatic rings. The summed E-state index contributed by atoms with van der Waals surface area (Å²) in [5.41, 5.74) is -1.56. The third kappa shape index (κ3) is 5.85. The summed E-state index contributed by atoms with van der Waals surface area (Å²) in [5, 5.41) is 2.71. The molecule has 1 unspecified atom stereocenters. The second kappa shape index (κ2) is 7.40. The van der Waals surface area contributed by atoms with E-state index < -0.39 is 29.3 Å². The Balaban J connectivity index is 2.88. The van der Waals surface area contributed by atoms with Crippen molar-refractivity contribution < 1.29 is 22.7 Å². The van der Waals surface area contributed by atoms with Crippen LogP contribution >= 0.6 is 0 Å². The standard InChI is InChI=1S/C17H20F3NO2/c1-5-10-16(3,4)21-15(22)14(6-2)23-13-9-7-8-12(11-13)17(18,19)20/h7-9,11,14H,6H2,1-4H3,(H,21,22). The Kier molecular flexibility index (Phi) is 6.08. The molecule has 1 N–H and O–H groups in total. The molecule has 0 aliphatic heterocycles. The molecule has 0 radical (unpaired) electrons. The van der Waals surface area contributed by atoms with Gasteiger partial charge in [-0.15, -0.1) is 5.92 Å². The minimum atomic E-state index is -4.46. The average Bonchev–Trinajstić information content (AvgIpc) is 2.43. The lowest BCUT2D eigenvalue weighted by Crippen LogP contribution is -2.48. The molecular formula is C17H20F3NO2. The Morgan fingerprint density at radius 1 is 1.35 bits per heavy atom. The van der Waals surface area contributed by atoms with Gasteiger partial charge >= 0.3 is 6.18 Å². The van der Waals surface area contributed by atoms with E-state index in [4.69, 9.17) is 4.74 Å². The van der Waals surface area contributed by atoms with E-state index in [-0.39, 0.29) is 5.75 Å². The predicted molar refractivity (Wildman–Crippen MR) is 81.8 cm³/mol. The highest BCUT2D eigenvalue weighted by molar-refractivity contribution is 5.82. The summed E-state index contributed by atoms with van der Waals surface area (Å²) in [6.45, 7) is 6.84. The van der Waals surface area contributed by atoms with Crippen molar-refractivity contribution in [1.29, 1.82) is 0 Å². The monoisotopic (exact) mass is 327 g/mol. The van der Waals surface area contributed by atoms with Gasteiger partial charge in [0.1, 0.15) is 5.75 Å². The summed E-state index contributed by atoms with van der Waals surface area (Å²) in [6, 6.07) is 4.47. The topological polar surface area (TPSA) is 38.3 Å². The maximum Gasteiger partial charge on any atom is 0.416 e. The normalized spacial score (nSPS) is 12.8. The molecule has 1 aromatic carbocycles. The first-order valence-electron chi connectivity index (χ1n) is 7.19. The summed E-state index contributed by atoms with van der Waals surface area (Å²) >= 11 is 0. The Labute approximate surface area is 134 Å². The van der Waals surface area contributed by atoms with E-state index in [0.29, 0.717) is 6.42 Å². The number of ether oxygens (including phenoxy) is 1. The Morgan fingerprint density at radius 2 is 2.00 bits per heavy atom. The smallest absolute Gasteiger partial charge is 0.416 e. The van der Waals surface area contributed by atoms with Crippen molar-refractivity contribution in [2.24, 2.45) is 0 Å². The van der Waals surface area contributed by atoms with E-state index >= 15 is 0 Å². The Bertz CT molecular complexity index is 612. The maximum atomic E-state index is 12.7. The molecule has 23 heavy (non-hydrogen) atoms. The molecule has 0 heterocycles. The van der Waals surface area contributed by atoms with Crippen LogP contribution in [0.25, 0.3) is 0 Å². The number of carbonyl (C=O) groups is 1. The molecule has 1 atom stereocenters. The van der Waals surface area contributed by atoms with Crippen molar-refractivity contribution in [1.82, 2.24) is 5.32 Å². The number of carbonyl (C=O) groups excluding carboxylic acids is 1. The van der Waals surface area contributed by atoms with Crippen LogP contribution in [0, 0.1) is 11.8 Å². The van der Waals surface area contributed by atoms with Crippen LogP contribution in [0.2, 0.25) is 0 Å². The van der Waals surface area contributed by atoms with Gasteiger partial charge in [-0.2, -0.15) is 13.2 Å². The number of amides is 1. The first kappa shape index (κ1) is 18.9. The SMILES string of the molecule is CC#CC(C)(C)NC(=O)C(CC)Oc1cccc(C(F)(F)F)c1. The highest BCUT2D eigenvalue weighted by Crippen LogP contribution is 2.31. The summed E-state index contributed by atoms with van der Waals surface area (Å²) in [5.74, 6) is 5.13. The van der Waals surface area contributed by atoms with E-state index in [2.05, 4.69) is 17.2 Å². The molecule has 0 aliphatic carbocycles. The number of nitrogens with one attached hydrogen (secondary N) is 1. The van der Waals surface area contributed by atoms with E-state index in [9.17, 15) is 18.0 Å². The molecule has 0 aromatic heterocycles. The fourth-order valence-electron chi connectivity index (χ4n) is 1.96. The van der Waals surface area contributed by atoms with Gasteiger partial charge in [-0.05, 0) is 45.4 Å².